The van der Waals surface area contributed by atoms with Crippen LogP contribution in [0.25, 0.3) is 0 Å². The lowest BCUT2D eigenvalue weighted by molar-refractivity contribution is 0.237. The predicted octanol–water partition coefficient (Wildman–Crippen LogP) is 0.918. The number of amides is 2. The van der Waals surface area contributed by atoms with Crippen LogP contribution in [0.15, 0.2) is 43.0 Å². The summed E-state index contributed by atoms with van der Waals surface area (Å²) in [6.45, 7) is 1.15. The zero-order valence-corrected chi connectivity index (χ0v) is 14.0. The van der Waals surface area contributed by atoms with Crippen molar-refractivity contribution in [3.8, 4) is 0 Å². The topological polar surface area (TPSA) is 93.1 Å². The first kappa shape index (κ1) is 16.5. The van der Waals surface area contributed by atoms with Gasteiger partial charge in [0.2, 0.25) is 0 Å². The van der Waals surface area contributed by atoms with Crippen molar-refractivity contribution in [3.63, 3.8) is 0 Å². The molecule has 1 aliphatic rings. The van der Waals surface area contributed by atoms with Crippen LogP contribution >= 0.6 is 0 Å². The number of hydrogen-bond acceptors (Lipinski definition) is 4. The van der Waals surface area contributed by atoms with E-state index in [-0.39, 0.29) is 23.6 Å². The molecule has 1 fully saturated rings. The summed E-state index contributed by atoms with van der Waals surface area (Å²) in [6, 6.07) is 7.34. The second kappa shape index (κ2) is 7.04. The first-order valence-electron chi connectivity index (χ1n) is 7.78. The third-order valence-corrected chi connectivity index (χ3v) is 5.74. The molecule has 0 radical (unpaired) electrons. The van der Waals surface area contributed by atoms with E-state index in [2.05, 4.69) is 15.6 Å². The molecule has 8 heteroatoms. The first-order chi connectivity index (χ1) is 11.5. The van der Waals surface area contributed by atoms with Crippen LogP contribution in [0.4, 0.5) is 4.79 Å². The Balaban J connectivity index is 1.45. The number of rotatable bonds is 5. The molecule has 0 bridgehead atoms. The van der Waals surface area contributed by atoms with Crippen LogP contribution in [0.3, 0.4) is 0 Å². The summed E-state index contributed by atoms with van der Waals surface area (Å²) in [6.07, 6.45) is 5.90. The fraction of sp³-hybridized carbons (Fsp3) is 0.375. The molecule has 2 amide bonds. The summed E-state index contributed by atoms with van der Waals surface area (Å²) in [4.78, 5) is 15.8. The van der Waals surface area contributed by atoms with Gasteiger partial charge in [-0.05, 0) is 17.5 Å². The Morgan fingerprint density at radius 2 is 2.00 bits per heavy atom. The van der Waals surface area contributed by atoms with E-state index in [1.807, 2.05) is 35.0 Å². The minimum atomic E-state index is -2.98. The molecule has 7 nitrogen and oxygen atoms in total. The average Bonchev–Trinajstić information content (AvgIpc) is 3.16. The normalized spacial score (nSPS) is 19.1. The number of benzene rings is 1. The molecule has 1 saturated heterocycles. The van der Waals surface area contributed by atoms with E-state index in [9.17, 15) is 13.2 Å². The maximum absolute atomic E-state index is 11.8. The molecular weight excluding hydrogens is 328 g/mol. The number of nitrogens with zero attached hydrogens (tertiary/aromatic N) is 2. The number of sulfone groups is 1. The van der Waals surface area contributed by atoms with Gasteiger partial charge in [-0.2, -0.15) is 0 Å². The van der Waals surface area contributed by atoms with Crippen LogP contribution in [-0.4, -0.2) is 41.5 Å². The molecule has 0 aliphatic carbocycles. The van der Waals surface area contributed by atoms with Gasteiger partial charge in [-0.1, -0.05) is 24.3 Å². The van der Waals surface area contributed by atoms with Gasteiger partial charge in [0.1, 0.15) is 0 Å². The number of aromatic nitrogens is 2. The van der Waals surface area contributed by atoms with Crippen molar-refractivity contribution in [3.05, 3.63) is 54.1 Å². The highest BCUT2D eigenvalue weighted by Gasteiger charge is 2.28. The Bertz CT molecular complexity index is 785. The van der Waals surface area contributed by atoms with E-state index < -0.39 is 9.84 Å². The summed E-state index contributed by atoms with van der Waals surface area (Å²) >= 11 is 0. The Morgan fingerprint density at radius 3 is 2.62 bits per heavy atom. The standard InChI is InChI=1S/C16H20N4O3S/c21-16(19-15-5-8-24(22,23)11-15)18-9-13-1-3-14(4-2-13)10-20-7-6-17-12-20/h1-4,6-7,12,15H,5,8-11H2,(H2,18,19,21)/t15-/m1/s1. The van der Waals surface area contributed by atoms with Crippen LogP contribution in [0.2, 0.25) is 0 Å². The molecule has 2 aromatic rings. The monoisotopic (exact) mass is 348 g/mol. The molecule has 24 heavy (non-hydrogen) atoms. The fourth-order valence-electron chi connectivity index (χ4n) is 2.68. The zero-order chi connectivity index (χ0) is 17.0. The largest absolute Gasteiger partial charge is 0.334 e. The van der Waals surface area contributed by atoms with E-state index in [1.54, 1.807) is 12.5 Å². The van der Waals surface area contributed by atoms with Gasteiger partial charge in [-0.15, -0.1) is 0 Å². The molecule has 1 aromatic carbocycles. The lowest BCUT2D eigenvalue weighted by Gasteiger charge is -2.12. The number of carbonyl (C=O) groups excluding carboxylic acids is 1. The summed E-state index contributed by atoms with van der Waals surface area (Å²) in [7, 11) is -2.98. The summed E-state index contributed by atoms with van der Waals surface area (Å²) in [5.41, 5.74) is 2.14. The molecule has 2 heterocycles. The summed E-state index contributed by atoms with van der Waals surface area (Å²) in [5.74, 6) is 0.180. The van der Waals surface area contributed by atoms with Gasteiger partial charge in [0.15, 0.2) is 9.84 Å². The van der Waals surface area contributed by atoms with Crippen molar-refractivity contribution in [2.45, 2.75) is 25.6 Å². The Morgan fingerprint density at radius 1 is 1.25 bits per heavy atom. The molecule has 3 rings (SSSR count). The highest BCUT2D eigenvalue weighted by Crippen LogP contribution is 2.11. The van der Waals surface area contributed by atoms with Crippen molar-refractivity contribution < 1.29 is 13.2 Å². The van der Waals surface area contributed by atoms with Crippen molar-refractivity contribution in [1.82, 2.24) is 20.2 Å². The van der Waals surface area contributed by atoms with Crippen LogP contribution in [0.1, 0.15) is 17.5 Å². The van der Waals surface area contributed by atoms with Crippen molar-refractivity contribution in [1.29, 1.82) is 0 Å². The van der Waals surface area contributed by atoms with Gasteiger partial charge >= 0.3 is 6.03 Å². The third-order valence-electron chi connectivity index (χ3n) is 3.97. The Kier molecular flexibility index (Phi) is 4.84. The van der Waals surface area contributed by atoms with Crippen molar-refractivity contribution >= 4 is 15.9 Å². The SMILES string of the molecule is O=C(NCc1ccc(Cn2ccnc2)cc1)N[C@@H]1CCS(=O)(=O)C1. The predicted molar refractivity (Wildman–Crippen MR) is 90.2 cm³/mol. The molecule has 0 saturated carbocycles. The number of hydrogen-bond donors (Lipinski definition) is 2. The minimum absolute atomic E-state index is 0.0311. The quantitative estimate of drug-likeness (QED) is 0.840. The van der Waals surface area contributed by atoms with Crippen LogP contribution in [-0.2, 0) is 22.9 Å². The van der Waals surface area contributed by atoms with Crippen LogP contribution in [0, 0.1) is 0 Å². The molecule has 128 valence electrons. The zero-order valence-electron chi connectivity index (χ0n) is 13.2. The number of nitrogens with one attached hydrogen (secondary N) is 2. The van der Waals surface area contributed by atoms with Crippen molar-refractivity contribution in [2.75, 3.05) is 11.5 Å². The van der Waals surface area contributed by atoms with E-state index in [1.165, 1.54) is 0 Å². The number of carbonyl (C=O) groups is 1. The highest BCUT2D eigenvalue weighted by atomic mass is 32.2. The summed E-state index contributed by atoms with van der Waals surface area (Å²) in [5, 5.41) is 5.46. The highest BCUT2D eigenvalue weighted by molar-refractivity contribution is 7.91. The van der Waals surface area contributed by atoms with Crippen molar-refractivity contribution in [2.24, 2.45) is 0 Å². The molecule has 0 spiro atoms. The Labute approximate surface area is 141 Å². The van der Waals surface area contributed by atoms with Crippen LogP contribution < -0.4 is 10.6 Å². The minimum Gasteiger partial charge on any atom is -0.334 e. The second-order valence-corrected chi connectivity index (χ2v) is 8.21. The fourth-order valence-corrected chi connectivity index (χ4v) is 4.35. The second-order valence-electron chi connectivity index (χ2n) is 5.98. The lowest BCUT2D eigenvalue weighted by atomic mass is 10.1. The average molecular weight is 348 g/mol. The maximum atomic E-state index is 11.8. The molecule has 0 unspecified atom stereocenters. The third kappa shape index (κ3) is 4.58. The van der Waals surface area contributed by atoms with E-state index >= 15 is 0 Å². The van der Waals surface area contributed by atoms with E-state index in [4.69, 9.17) is 0 Å². The van der Waals surface area contributed by atoms with Gasteiger partial charge in [0.05, 0.1) is 17.8 Å². The van der Waals surface area contributed by atoms with E-state index in [0.717, 1.165) is 17.7 Å². The Hall–Kier alpha value is -2.35. The van der Waals surface area contributed by atoms with Gasteiger partial charge in [0.25, 0.3) is 0 Å². The smallest absolute Gasteiger partial charge is 0.315 e. The number of imidazole rings is 1. The first-order valence-corrected chi connectivity index (χ1v) is 9.61. The maximum Gasteiger partial charge on any atom is 0.315 e. The molecule has 1 aromatic heterocycles. The summed E-state index contributed by atoms with van der Waals surface area (Å²) < 4.78 is 24.7. The molecule has 1 aliphatic heterocycles. The van der Waals surface area contributed by atoms with Gasteiger partial charge in [0, 0.05) is 31.5 Å². The molecule has 1 atom stereocenters. The number of urea groups is 1. The van der Waals surface area contributed by atoms with E-state index in [0.29, 0.717) is 13.0 Å². The molecular formula is C16H20N4O3S. The van der Waals surface area contributed by atoms with Gasteiger partial charge in [-0.3, -0.25) is 0 Å². The van der Waals surface area contributed by atoms with Gasteiger partial charge < -0.3 is 15.2 Å². The molecule has 2 N–H and O–H groups in total. The van der Waals surface area contributed by atoms with Crippen LogP contribution in [0.5, 0.6) is 0 Å². The van der Waals surface area contributed by atoms with Gasteiger partial charge in [-0.25, -0.2) is 18.2 Å². The lowest BCUT2D eigenvalue weighted by Crippen LogP contribution is -2.42.